The fourth-order valence-electron chi connectivity index (χ4n) is 2.22. The molecular weight excluding hydrogens is 406 g/mol. The Morgan fingerprint density at radius 1 is 1.16 bits per heavy atom. The van der Waals surface area contributed by atoms with Gasteiger partial charge in [0.15, 0.2) is 0 Å². The molecule has 8 heteroatoms. The summed E-state index contributed by atoms with van der Waals surface area (Å²) in [5.74, 6) is -0.530. The number of carbonyl (C=O) groups is 1. The molecule has 0 aliphatic rings. The number of para-hydroxylation sites is 1. The van der Waals surface area contributed by atoms with Crippen molar-refractivity contribution < 1.29 is 13.2 Å². The monoisotopic (exact) mass is 423 g/mol. The lowest BCUT2D eigenvalue weighted by atomic mass is 10.2. The standard InChI is InChI=1S/C17H18BrN3O3S/c1-13(21(25(2,23)24)15-9-4-3-5-10-15)17(22)20-19-12-14-8-6-7-11-16(14)18/h3-13H,1-2H3,(H,20,22)/b19-12-/t13-/m0/s1. The molecule has 2 rings (SSSR count). The van der Waals surface area contributed by atoms with Crippen molar-refractivity contribution in [3.8, 4) is 0 Å². The molecule has 0 aromatic heterocycles. The molecule has 6 nitrogen and oxygen atoms in total. The Bertz CT molecular complexity index is 870. The van der Waals surface area contributed by atoms with E-state index in [0.29, 0.717) is 5.69 Å². The van der Waals surface area contributed by atoms with E-state index in [-0.39, 0.29) is 0 Å². The van der Waals surface area contributed by atoms with E-state index in [2.05, 4.69) is 26.5 Å². The van der Waals surface area contributed by atoms with Gasteiger partial charge in [0.2, 0.25) is 10.0 Å². The minimum absolute atomic E-state index is 0.419. The molecule has 2 aromatic rings. The van der Waals surface area contributed by atoms with Crippen molar-refractivity contribution in [1.29, 1.82) is 0 Å². The molecule has 0 fully saturated rings. The largest absolute Gasteiger partial charge is 0.271 e. The molecule has 1 atom stereocenters. The Labute approximate surface area is 155 Å². The molecule has 0 heterocycles. The van der Waals surface area contributed by atoms with Gasteiger partial charge in [0, 0.05) is 10.0 Å². The Hall–Kier alpha value is -2.19. The highest BCUT2D eigenvalue weighted by molar-refractivity contribution is 9.10. The highest BCUT2D eigenvalue weighted by Gasteiger charge is 2.28. The third kappa shape index (κ3) is 5.14. The van der Waals surface area contributed by atoms with Crippen molar-refractivity contribution >= 4 is 43.8 Å². The van der Waals surface area contributed by atoms with Gasteiger partial charge < -0.3 is 0 Å². The second-order valence-corrected chi connectivity index (χ2v) is 8.04. The molecule has 0 unspecified atom stereocenters. The van der Waals surface area contributed by atoms with E-state index in [4.69, 9.17) is 0 Å². The number of rotatable bonds is 6. The van der Waals surface area contributed by atoms with Crippen molar-refractivity contribution in [2.24, 2.45) is 5.10 Å². The number of sulfonamides is 1. The van der Waals surface area contributed by atoms with Gasteiger partial charge in [0.25, 0.3) is 5.91 Å². The Kier molecular flexibility index (Phi) is 6.33. The summed E-state index contributed by atoms with van der Waals surface area (Å²) in [6.45, 7) is 1.51. The summed E-state index contributed by atoms with van der Waals surface area (Å²) in [7, 11) is -3.63. The van der Waals surface area contributed by atoms with Crippen LogP contribution in [0.15, 0.2) is 64.2 Å². The van der Waals surface area contributed by atoms with Crippen LogP contribution in [0.5, 0.6) is 0 Å². The third-order valence-corrected chi connectivity index (χ3v) is 5.35. The summed E-state index contributed by atoms with van der Waals surface area (Å²) in [5.41, 5.74) is 3.59. The van der Waals surface area contributed by atoms with Crippen LogP contribution in [0, 0.1) is 0 Å². The zero-order valence-electron chi connectivity index (χ0n) is 13.8. The molecule has 0 radical (unpaired) electrons. The third-order valence-electron chi connectivity index (χ3n) is 3.38. The summed E-state index contributed by atoms with van der Waals surface area (Å²) in [5, 5.41) is 3.91. The van der Waals surface area contributed by atoms with Gasteiger partial charge in [-0.25, -0.2) is 13.8 Å². The number of amides is 1. The number of hydrazone groups is 1. The van der Waals surface area contributed by atoms with Crippen LogP contribution in [0.3, 0.4) is 0 Å². The molecule has 1 N–H and O–H groups in total. The highest BCUT2D eigenvalue weighted by atomic mass is 79.9. The van der Waals surface area contributed by atoms with Gasteiger partial charge in [0.05, 0.1) is 18.2 Å². The van der Waals surface area contributed by atoms with E-state index in [9.17, 15) is 13.2 Å². The number of halogens is 1. The number of nitrogens with zero attached hydrogens (tertiary/aromatic N) is 2. The minimum atomic E-state index is -3.63. The van der Waals surface area contributed by atoms with Crippen molar-refractivity contribution in [3.05, 3.63) is 64.6 Å². The van der Waals surface area contributed by atoms with Gasteiger partial charge in [-0.15, -0.1) is 0 Å². The summed E-state index contributed by atoms with van der Waals surface area (Å²) < 4.78 is 26.1. The van der Waals surface area contributed by atoms with Crippen LogP contribution in [0.2, 0.25) is 0 Å². The second-order valence-electron chi connectivity index (χ2n) is 5.33. The summed E-state index contributed by atoms with van der Waals surface area (Å²) >= 11 is 3.38. The van der Waals surface area contributed by atoms with Crippen LogP contribution in [0.4, 0.5) is 5.69 Å². The van der Waals surface area contributed by atoms with Crippen molar-refractivity contribution in [2.75, 3.05) is 10.6 Å². The van der Waals surface area contributed by atoms with Crippen LogP contribution in [0.1, 0.15) is 12.5 Å². The predicted molar refractivity (Wildman–Crippen MR) is 103 cm³/mol. The normalized spacial score (nSPS) is 12.8. The lowest BCUT2D eigenvalue weighted by Crippen LogP contribution is -2.46. The Morgan fingerprint density at radius 3 is 2.36 bits per heavy atom. The maximum Gasteiger partial charge on any atom is 0.263 e. The van der Waals surface area contributed by atoms with E-state index in [1.807, 2.05) is 24.3 Å². The van der Waals surface area contributed by atoms with Gasteiger partial charge in [0.1, 0.15) is 6.04 Å². The molecule has 0 aliphatic carbocycles. The maximum atomic E-state index is 12.3. The van der Waals surface area contributed by atoms with E-state index in [0.717, 1.165) is 20.6 Å². The quantitative estimate of drug-likeness (QED) is 0.572. The van der Waals surface area contributed by atoms with Crippen molar-refractivity contribution in [2.45, 2.75) is 13.0 Å². The molecule has 0 aliphatic heterocycles. The Morgan fingerprint density at radius 2 is 1.76 bits per heavy atom. The molecule has 0 saturated heterocycles. The first-order valence-electron chi connectivity index (χ1n) is 7.42. The molecule has 0 spiro atoms. The average Bonchev–Trinajstić information content (AvgIpc) is 2.56. The maximum absolute atomic E-state index is 12.3. The number of carbonyl (C=O) groups excluding carboxylic acids is 1. The SMILES string of the molecule is C[C@@H](C(=O)N/N=C\c1ccccc1Br)N(c1ccccc1)S(C)(=O)=O. The number of hydrogen-bond acceptors (Lipinski definition) is 4. The fraction of sp³-hybridized carbons (Fsp3) is 0.176. The van der Waals surface area contributed by atoms with Crippen molar-refractivity contribution in [3.63, 3.8) is 0 Å². The average molecular weight is 424 g/mol. The molecular formula is C17H18BrN3O3S. The molecule has 132 valence electrons. The molecule has 25 heavy (non-hydrogen) atoms. The van der Waals surface area contributed by atoms with E-state index in [1.165, 1.54) is 13.1 Å². The predicted octanol–water partition coefficient (Wildman–Crippen LogP) is 2.75. The first-order chi connectivity index (χ1) is 11.8. The Balaban J connectivity index is 2.15. The smallest absolute Gasteiger partial charge is 0.263 e. The van der Waals surface area contributed by atoms with Gasteiger partial charge in [-0.3, -0.25) is 9.10 Å². The number of anilines is 1. The lowest BCUT2D eigenvalue weighted by molar-refractivity contribution is -0.121. The van der Waals surface area contributed by atoms with Crippen LogP contribution in [-0.4, -0.2) is 32.8 Å². The van der Waals surface area contributed by atoms with E-state index in [1.54, 1.807) is 30.3 Å². The van der Waals surface area contributed by atoms with E-state index >= 15 is 0 Å². The minimum Gasteiger partial charge on any atom is -0.271 e. The first-order valence-corrected chi connectivity index (χ1v) is 10.1. The fourth-order valence-corrected chi connectivity index (χ4v) is 3.78. The zero-order chi connectivity index (χ0) is 18.4. The lowest BCUT2D eigenvalue weighted by Gasteiger charge is -2.27. The number of nitrogens with one attached hydrogen (secondary N) is 1. The van der Waals surface area contributed by atoms with E-state index < -0.39 is 22.0 Å². The van der Waals surface area contributed by atoms with Gasteiger partial charge in [-0.05, 0) is 25.1 Å². The molecule has 1 amide bonds. The van der Waals surface area contributed by atoms with Crippen molar-refractivity contribution in [1.82, 2.24) is 5.43 Å². The van der Waals surface area contributed by atoms with Crippen LogP contribution in [0.25, 0.3) is 0 Å². The summed E-state index contributed by atoms with van der Waals surface area (Å²) in [6, 6.07) is 14.9. The second kappa shape index (κ2) is 8.26. The number of hydrogen-bond donors (Lipinski definition) is 1. The summed E-state index contributed by atoms with van der Waals surface area (Å²) in [6.07, 6.45) is 2.55. The van der Waals surface area contributed by atoms with Gasteiger partial charge in [-0.1, -0.05) is 52.3 Å². The van der Waals surface area contributed by atoms with Gasteiger partial charge in [-0.2, -0.15) is 5.10 Å². The topological polar surface area (TPSA) is 78.8 Å². The number of benzene rings is 2. The highest BCUT2D eigenvalue weighted by Crippen LogP contribution is 2.20. The molecule has 2 aromatic carbocycles. The van der Waals surface area contributed by atoms with Gasteiger partial charge >= 0.3 is 0 Å². The summed E-state index contributed by atoms with van der Waals surface area (Å²) in [4.78, 5) is 12.3. The first kappa shape index (κ1) is 19.1. The van der Waals surface area contributed by atoms with Crippen LogP contribution >= 0.6 is 15.9 Å². The zero-order valence-corrected chi connectivity index (χ0v) is 16.2. The molecule has 0 saturated carbocycles. The van der Waals surface area contributed by atoms with Crippen LogP contribution in [-0.2, 0) is 14.8 Å². The van der Waals surface area contributed by atoms with Crippen LogP contribution < -0.4 is 9.73 Å². The molecule has 0 bridgehead atoms.